The Morgan fingerprint density at radius 2 is 2.19 bits per heavy atom. The lowest BCUT2D eigenvalue weighted by Gasteiger charge is -2.14. The first-order valence-corrected chi connectivity index (χ1v) is 7.25. The molecule has 0 aliphatic carbocycles. The minimum Gasteiger partial charge on any atom is -0.329 e. The molecule has 1 rings (SSSR count). The number of hydrogen-bond donors (Lipinski definition) is 2. The van der Waals surface area contributed by atoms with Gasteiger partial charge in [0, 0.05) is 17.1 Å². The molecular formula is C10H15BrN2O2S. The predicted molar refractivity (Wildman–Crippen MR) is 67.6 cm³/mol. The van der Waals surface area contributed by atoms with Gasteiger partial charge in [0.1, 0.15) is 0 Å². The fourth-order valence-electron chi connectivity index (χ4n) is 1.22. The second-order valence-corrected chi connectivity index (χ2v) is 6.05. The zero-order valence-corrected chi connectivity index (χ0v) is 11.4. The van der Waals surface area contributed by atoms with Crippen LogP contribution in [0.3, 0.4) is 0 Å². The molecule has 1 aromatic rings. The number of rotatable bonds is 5. The van der Waals surface area contributed by atoms with Crippen molar-refractivity contribution in [1.29, 1.82) is 0 Å². The second-order valence-electron chi connectivity index (χ2n) is 3.42. The van der Waals surface area contributed by atoms with Crippen LogP contribution in [0, 0.1) is 0 Å². The Bertz CT molecular complexity index is 444. The number of halogens is 1. The predicted octanol–water partition coefficient (Wildman–Crippen LogP) is 1.46. The van der Waals surface area contributed by atoms with Crippen molar-refractivity contribution in [2.45, 2.75) is 24.3 Å². The third-order valence-electron chi connectivity index (χ3n) is 2.21. The van der Waals surface area contributed by atoms with Crippen molar-refractivity contribution in [1.82, 2.24) is 4.72 Å². The lowest BCUT2D eigenvalue weighted by molar-refractivity contribution is 0.542. The highest BCUT2D eigenvalue weighted by molar-refractivity contribution is 9.10. The molecule has 0 aliphatic heterocycles. The van der Waals surface area contributed by atoms with Gasteiger partial charge in [-0.15, -0.1) is 0 Å². The van der Waals surface area contributed by atoms with Crippen molar-refractivity contribution in [2.75, 3.05) is 6.54 Å². The molecule has 0 radical (unpaired) electrons. The van der Waals surface area contributed by atoms with E-state index in [-0.39, 0.29) is 10.9 Å². The Morgan fingerprint density at radius 3 is 2.69 bits per heavy atom. The van der Waals surface area contributed by atoms with Gasteiger partial charge in [0.15, 0.2) is 0 Å². The van der Waals surface area contributed by atoms with Gasteiger partial charge >= 0.3 is 0 Å². The molecule has 3 N–H and O–H groups in total. The Morgan fingerprint density at radius 1 is 1.50 bits per heavy atom. The molecule has 1 aromatic carbocycles. The average molecular weight is 307 g/mol. The molecule has 1 unspecified atom stereocenters. The fourth-order valence-corrected chi connectivity index (χ4v) is 3.15. The summed E-state index contributed by atoms with van der Waals surface area (Å²) < 4.78 is 27.1. The highest BCUT2D eigenvalue weighted by Gasteiger charge is 2.17. The summed E-state index contributed by atoms with van der Waals surface area (Å²) >= 11 is 3.24. The summed E-state index contributed by atoms with van der Waals surface area (Å²) in [6, 6.07) is 6.35. The first-order valence-electron chi connectivity index (χ1n) is 4.97. The van der Waals surface area contributed by atoms with Crippen molar-refractivity contribution in [2.24, 2.45) is 5.73 Å². The van der Waals surface area contributed by atoms with E-state index in [1.165, 1.54) is 0 Å². The van der Waals surface area contributed by atoms with E-state index >= 15 is 0 Å². The van der Waals surface area contributed by atoms with Crippen molar-refractivity contribution >= 4 is 26.0 Å². The Hall–Kier alpha value is -0.430. The SMILES string of the molecule is CCC(CN)NS(=O)(=O)c1cccc(Br)c1. The van der Waals surface area contributed by atoms with Crippen LogP contribution in [0.2, 0.25) is 0 Å². The van der Waals surface area contributed by atoms with E-state index in [1.54, 1.807) is 24.3 Å². The number of hydrogen-bond acceptors (Lipinski definition) is 3. The first kappa shape index (κ1) is 13.6. The van der Waals surface area contributed by atoms with E-state index in [2.05, 4.69) is 20.7 Å². The van der Waals surface area contributed by atoms with E-state index < -0.39 is 10.0 Å². The van der Waals surface area contributed by atoms with Gasteiger partial charge in [-0.05, 0) is 24.6 Å². The van der Waals surface area contributed by atoms with E-state index in [1.807, 2.05) is 6.92 Å². The lowest BCUT2D eigenvalue weighted by atomic mass is 10.2. The van der Waals surface area contributed by atoms with E-state index in [4.69, 9.17) is 5.73 Å². The standard InChI is InChI=1S/C10H15BrN2O2S/c1-2-9(7-12)13-16(14,15)10-5-3-4-8(11)6-10/h3-6,9,13H,2,7,12H2,1H3. The van der Waals surface area contributed by atoms with Crippen LogP contribution in [0.25, 0.3) is 0 Å². The molecule has 0 amide bonds. The molecule has 0 spiro atoms. The Labute approximate surface area is 104 Å². The van der Waals surface area contributed by atoms with Crippen molar-refractivity contribution < 1.29 is 8.42 Å². The van der Waals surface area contributed by atoms with Gasteiger partial charge < -0.3 is 5.73 Å². The number of benzene rings is 1. The summed E-state index contributed by atoms with van der Waals surface area (Å²) in [6.07, 6.45) is 0.670. The quantitative estimate of drug-likeness (QED) is 0.865. The Balaban J connectivity index is 2.94. The van der Waals surface area contributed by atoms with Crippen molar-refractivity contribution in [3.8, 4) is 0 Å². The minimum atomic E-state index is -3.47. The largest absolute Gasteiger partial charge is 0.329 e. The van der Waals surface area contributed by atoms with Gasteiger partial charge in [-0.2, -0.15) is 0 Å². The molecule has 6 heteroatoms. The van der Waals surface area contributed by atoms with Gasteiger partial charge in [0.05, 0.1) is 4.90 Å². The molecule has 0 saturated heterocycles. The molecule has 4 nitrogen and oxygen atoms in total. The zero-order chi connectivity index (χ0) is 12.2. The summed E-state index contributed by atoms with van der Waals surface area (Å²) in [5, 5.41) is 0. The van der Waals surface area contributed by atoms with Crippen LogP contribution in [0.5, 0.6) is 0 Å². The maximum absolute atomic E-state index is 11.9. The highest BCUT2D eigenvalue weighted by Crippen LogP contribution is 2.16. The maximum Gasteiger partial charge on any atom is 0.240 e. The molecule has 0 bridgehead atoms. The minimum absolute atomic E-state index is 0.219. The summed E-state index contributed by atoms with van der Waals surface area (Å²) in [6.45, 7) is 2.19. The smallest absolute Gasteiger partial charge is 0.240 e. The van der Waals surface area contributed by atoms with Crippen LogP contribution in [0.4, 0.5) is 0 Å². The van der Waals surface area contributed by atoms with Crippen molar-refractivity contribution in [3.05, 3.63) is 28.7 Å². The van der Waals surface area contributed by atoms with Gasteiger partial charge in [0.25, 0.3) is 0 Å². The van der Waals surface area contributed by atoms with Crippen LogP contribution >= 0.6 is 15.9 Å². The molecular weight excluding hydrogens is 292 g/mol. The maximum atomic E-state index is 11.9. The molecule has 90 valence electrons. The van der Waals surface area contributed by atoms with E-state index in [0.717, 1.165) is 4.47 Å². The summed E-state index contributed by atoms with van der Waals surface area (Å²) in [7, 11) is -3.47. The van der Waals surface area contributed by atoms with Gasteiger partial charge in [-0.1, -0.05) is 28.9 Å². The van der Waals surface area contributed by atoms with Gasteiger partial charge in [0.2, 0.25) is 10.0 Å². The number of nitrogens with one attached hydrogen (secondary N) is 1. The summed E-state index contributed by atoms with van der Waals surface area (Å²) in [4.78, 5) is 0.244. The highest BCUT2D eigenvalue weighted by atomic mass is 79.9. The van der Waals surface area contributed by atoms with E-state index in [0.29, 0.717) is 13.0 Å². The molecule has 0 aliphatic rings. The summed E-state index contributed by atoms with van der Waals surface area (Å²) in [5.74, 6) is 0. The third-order valence-corrected chi connectivity index (χ3v) is 4.22. The van der Waals surface area contributed by atoms with Gasteiger partial charge in [-0.3, -0.25) is 0 Å². The number of nitrogens with two attached hydrogens (primary N) is 1. The van der Waals surface area contributed by atoms with Gasteiger partial charge in [-0.25, -0.2) is 13.1 Å². The molecule has 0 fully saturated rings. The average Bonchev–Trinajstić information content (AvgIpc) is 2.26. The lowest BCUT2D eigenvalue weighted by Crippen LogP contribution is -2.39. The Kier molecular flexibility index (Phi) is 4.91. The van der Waals surface area contributed by atoms with Crippen LogP contribution in [-0.4, -0.2) is 21.0 Å². The molecule has 16 heavy (non-hydrogen) atoms. The van der Waals surface area contributed by atoms with Crippen LogP contribution in [-0.2, 0) is 10.0 Å². The normalized spacial score (nSPS) is 13.7. The fraction of sp³-hybridized carbons (Fsp3) is 0.400. The third kappa shape index (κ3) is 3.55. The molecule has 0 heterocycles. The zero-order valence-electron chi connectivity index (χ0n) is 8.98. The monoisotopic (exact) mass is 306 g/mol. The first-order chi connectivity index (χ1) is 7.49. The molecule has 0 saturated carbocycles. The molecule has 0 aromatic heterocycles. The van der Waals surface area contributed by atoms with Crippen molar-refractivity contribution in [3.63, 3.8) is 0 Å². The summed E-state index contributed by atoms with van der Waals surface area (Å²) in [5.41, 5.74) is 5.46. The van der Waals surface area contributed by atoms with Crippen LogP contribution in [0.15, 0.2) is 33.6 Å². The number of sulfonamides is 1. The molecule has 1 atom stereocenters. The van der Waals surface area contributed by atoms with Crippen LogP contribution in [0.1, 0.15) is 13.3 Å². The van der Waals surface area contributed by atoms with Crippen LogP contribution < -0.4 is 10.5 Å². The second kappa shape index (κ2) is 5.77. The van der Waals surface area contributed by atoms with E-state index in [9.17, 15) is 8.42 Å². The topological polar surface area (TPSA) is 72.2 Å².